The molecule has 0 bridgehead atoms. The van der Waals surface area contributed by atoms with E-state index >= 15 is 0 Å². The van der Waals surface area contributed by atoms with E-state index in [0.29, 0.717) is 0 Å². The Morgan fingerprint density at radius 1 is 0.684 bits per heavy atom. The van der Waals surface area contributed by atoms with Gasteiger partial charge in [0.05, 0.1) is 12.8 Å². The number of carboxylic acid groups (broad SMARTS) is 2. The normalized spacial score (nSPS) is 8.11. The minimum atomic E-state index is -1.80. The molecule has 0 aromatic carbocycles. The summed E-state index contributed by atoms with van der Waals surface area (Å²) < 4.78 is 0. The predicted octanol–water partition coefficient (Wildman–Crippen LogP) is -3.43. The molecule has 0 heterocycles. The molecule has 0 saturated carbocycles. The molecule has 0 N–H and O–H groups in total. The first-order chi connectivity index (χ1) is 8.07. The SMILES string of the molecule is CC(=O)CC(=O)C(=O)[O-].CC(=O)CC(=O)C(=O)[O-].[V+2]. The molecule has 0 spiro atoms. The van der Waals surface area contributed by atoms with Crippen LogP contribution in [0.4, 0.5) is 0 Å². The molecular weight excluding hydrogens is 299 g/mol. The van der Waals surface area contributed by atoms with E-state index in [1.807, 2.05) is 0 Å². The maximum Gasteiger partial charge on any atom is 2.00 e. The maximum atomic E-state index is 10.1. The van der Waals surface area contributed by atoms with Crippen molar-refractivity contribution in [2.45, 2.75) is 26.7 Å². The Labute approximate surface area is 120 Å². The third kappa shape index (κ3) is 16.2. The van der Waals surface area contributed by atoms with Crippen molar-refractivity contribution < 1.29 is 57.5 Å². The number of hydrogen-bond acceptors (Lipinski definition) is 8. The molecule has 0 aliphatic rings. The number of carboxylic acids is 2. The molecule has 9 heteroatoms. The molecule has 0 rings (SSSR count). The molecule has 0 aromatic rings. The van der Waals surface area contributed by atoms with Crippen LogP contribution in [-0.4, -0.2) is 35.1 Å². The van der Waals surface area contributed by atoms with Crippen molar-refractivity contribution in [1.82, 2.24) is 0 Å². The molecule has 0 amide bonds. The van der Waals surface area contributed by atoms with Crippen molar-refractivity contribution in [3.8, 4) is 0 Å². The fourth-order valence-corrected chi connectivity index (χ4v) is 0.597. The van der Waals surface area contributed by atoms with Crippen LogP contribution in [0.5, 0.6) is 0 Å². The van der Waals surface area contributed by atoms with Gasteiger partial charge >= 0.3 is 18.6 Å². The first-order valence-electron chi connectivity index (χ1n) is 4.55. The second-order valence-electron chi connectivity index (χ2n) is 3.18. The fraction of sp³-hybridized carbons (Fsp3) is 0.400. The number of carbonyl (C=O) groups is 6. The van der Waals surface area contributed by atoms with Gasteiger partial charge in [-0.15, -0.1) is 0 Å². The Kier molecular flexibility index (Phi) is 13.3. The Morgan fingerprint density at radius 3 is 0.947 bits per heavy atom. The molecule has 0 saturated heterocycles. The van der Waals surface area contributed by atoms with Crippen molar-refractivity contribution >= 4 is 35.1 Å². The molecule has 0 unspecified atom stereocenters. The minimum absolute atomic E-state index is 0. The Balaban J connectivity index is -0.000000256. The number of hydrogen-bond donors (Lipinski definition) is 0. The monoisotopic (exact) mass is 309 g/mol. The Morgan fingerprint density at radius 2 is 0.895 bits per heavy atom. The van der Waals surface area contributed by atoms with Gasteiger partial charge in [-0.05, 0) is 13.8 Å². The van der Waals surface area contributed by atoms with Crippen molar-refractivity contribution in [2.75, 3.05) is 0 Å². The van der Waals surface area contributed by atoms with E-state index in [2.05, 4.69) is 0 Å². The first-order valence-corrected chi connectivity index (χ1v) is 4.55. The number of carbonyl (C=O) groups excluding carboxylic acids is 6. The van der Waals surface area contributed by atoms with Crippen LogP contribution in [-0.2, 0) is 47.3 Å². The van der Waals surface area contributed by atoms with Crippen LogP contribution in [0.25, 0.3) is 0 Å². The molecule has 103 valence electrons. The molecular formula is C10H10O8V. The summed E-state index contributed by atoms with van der Waals surface area (Å²) in [5.41, 5.74) is 0. The molecule has 0 aliphatic carbocycles. The molecule has 0 aliphatic heterocycles. The van der Waals surface area contributed by atoms with Crippen LogP contribution in [0, 0.1) is 0 Å². The van der Waals surface area contributed by atoms with Gasteiger partial charge in [0.15, 0.2) is 11.6 Å². The standard InChI is InChI=1S/2C5H6O4.V/c2*1-3(6)2-4(7)5(8)9;/h2*2H2,1H3,(H,8,9);/q;;+2/p-2. The van der Waals surface area contributed by atoms with Gasteiger partial charge in [0.25, 0.3) is 0 Å². The zero-order chi connectivity index (χ0) is 14.9. The van der Waals surface area contributed by atoms with E-state index in [0.717, 1.165) is 13.8 Å². The third-order valence-electron chi connectivity index (χ3n) is 1.27. The molecule has 19 heavy (non-hydrogen) atoms. The van der Waals surface area contributed by atoms with Gasteiger partial charge in [-0.1, -0.05) is 0 Å². The van der Waals surface area contributed by atoms with Crippen molar-refractivity contribution in [1.29, 1.82) is 0 Å². The summed E-state index contributed by atoms with van der Waals surface area (Å²) in [6.07, 6.45) is -1.13. The van der Waals surface area contributed by atoms with Crippen LogP contribution in [0.3, 0.4) is 0 Å². The van der Waals surface area contributed by atoms with Crippen LogP contribution < -0.4 is 10.2 Å². The van der Waals surface area contributed by atoms with E-state index in [1.54, 1.807) is 0 Å². The van der Waals surface area contributed by atoms with Gasteiger partial charge in [0.2, 0.25) is 0 Å². The molecule has 0 fully saturated rings. The van der Waals surface area contributed by atoms with Gasteiger partial charge in [-0.25, -0.2) is 0 Å². The van der Waals surface area contributed by atoms with E-state index in [4.69, 9.17) is 0 Å². The third-order valence-corrected chi connectivity index (χ3v) is 1.27. The van der Waals surface area contributed by atoms with Crippen LogP contribution in [0.2, 0.25) is 0 Å². The smallest absolute Gasteiger partial charge is 0.542 e. The average Bonchev–Trinajstić information content (AvgIpc) is 2.16. The van der Waals surface area contributed by atoms with Crippen molar-refractivity contribution in [3.63, 3.8) is 0 Å². The Bertz CT molecular complexity index is 360. The zero-order valence-electron chi connectivity index (χ0n) is 10.1. The van der Waals surface area contributed by atoms with Gasteiger partial charge in [-0.3, -0.25) is 19.2 Å². The summed E-state index contributed by atoms with van der Waals surface area (Å²) in [7, 11) is 0. The van der Waals surface area contributed by atoms with Gasteiger partial charge < -0.3 is 19.8 Å². The zero-order valence-corrected chi connectivity index (χ0v) is 11.5. The minimum Gasteiger partial charge on any atom is -0.542 e. The van der Waals surface area contributed by atoms with Crippen LogP contribution in [0.15, 0.2) is 0 Å². The van der Waals surface area contributed by atoms with Gasteiger partial charge in [-0.2, -0.15) is 0 Å². The summed E-state index contributed by atoms with van der Waals surface area (Å²) in [6, 6.07) is 0. The topological polar surface area (TPSA) is 149 Å². The van der Waals surface area contributed by atoms with E-state index in [1.165, 1.54) is 0 Å². The largest absolute Gasteiger partial charge is 2.00 e. The van der Waals surface area contributed by atoms with Crippen molar-refractivity contribution in [2.24, 2.45) is 0 Å². The van der Waals surface area contributed by atoms with Crippen LogP contribution >= 0.6 is 0 Å². The maximum absolute atomic E-state index is 10.1. The second kappa shape index (κ2) is 11.3. The van der Waals surface area contributed by atoms with E-state index < -0.39 is 47.9 Å². The summed E-state index contributed by atoms with van der Waals surface area (Å²) >= 11 is 0. The summed E-state index contributed by atoms with van der Waals surface area (Å²) in [6.45, 7) is 2.28. The van der Waals surface area contributed by atoms with Crippen molar-refractivity contribution in [3.05, 3.63) is 0 Å². The van der Waals surface area contributed by atoms with Gasteiger partial charge in [0.1, 0.15) is 23.5 Å². The summed E-state index contributed by atoms with van der Waals surface area (Å²) in [5.74, 6) is -6.87. The first kappa shape index (κ1) is 22.4. The van der Waals surface area contributed by atoms with E-state index in [-0.39, 0.29) is 18.6 Å². The average molecular weight is 309 g/mol. The van der Waals surface area contributed by atoms with Gasteiger partial charge in [0, 0.05) is 0 Å². The number of rotatable bonds is 6. The summed E-state index contributed by atoms with van der Waals surface area (Å²) in [5, 5.41) is 19.2. The summed E-state index contributed by atoms with van der Waals surface area (Å²) in [4.78, 5) is 59.5. The quantitative estimate of drug-likeness (QED) is 0.363. The molecule has 0 aromatic heterocycles. The molecule has 1 radical (unpaired) electrons. The molecule has 8 nitrogen and oxygen atoms in total. The van der Waals surface area contributed by atoms with E-state index in [9.17, 15) is 39.0 Å². The molecule has 0 atom stereocenters. The number of aliphatic carboxylic acids is 2. The second-order valence-corrected chi connectivity index (χ2v) is 3.18. The Hall–Kier alpha value is -1.80. The fourth-order valence-electron chi connectivity index (χ4n) is 0.597. The number of Topliss-reactive ketones (excluding diaryl/α,β-unsaturated/α-hetero) is 4. The predicted molar refractivity (Wildman–Crippen MR) is 50.6 cm³/mol. The number of ketones is 4. The van der Waals surface area contributed by atoms with Crippen LogP contribution in [0.1, 0.15) is 26.7 Å².